The molecule has 0 spiro atoms. The Kier molecular flexibility index (Phi) is 14.9. The first kappa shape index (κ1) is 55.0. The second kappa shape index (κ2) is 19.0. The van der Waals surface area contributed by atoms with Gasteiger partial charge >= 0.3 is 49.4 Å². The molecule has 70 heavy (non-hydrogen) atoms. The molecular formula is C44H23BF24S. The third-order valence-corrected chi connectivity index (χ3v) is 11.3. The molecule has 6 aromatic rings. The highest BCUT2D eigenvalue weighted by atomic mass is 32.2. The van der Waals surface area contributed by atoms with Gasteiger partial charge in [-0.05, 0) is 48.5 Å². The SMILES string of the molecule is FC(F)(F)c1cc([B-](c2cc(C(F)(F)F)cc(C(F)(F)F)c2)(c2cc(C(F)(F)F)cc(C(F)(F)F)c2)c2cc(C(F)(F)F)cc(C(F)(F)F)c2)cc(C(F)(F)F)c1.c1ccc([SH+]c2ccccc2)cc1. The lowest BCUT2D eigenvalue weighted by atomic mass is 9.12. The second-order valence-corrected chi connectivity index (χ2v) is 16.3. The van der Waals surface area contributed by atoms with E-state index in [1.54, 1.807) is 0 Å². The van der Waals surface area contributed by atoms with Crippen molar-refractivity contribution in [2.45, 2.75) is 59.2 Å². The summed E-state index contributed by atoms with van der Waals surface area (Å²) in [6.07, 6.45) is -54.8. The molecule has 0 aromatic heterocycles. The first-order valence-electron chi connectivity index (χ1n) is 18.9. The van der Waals surface area contributed by atoms with Gasteiger partial charge in [0.05, 0.1) is 44.5 Å². The zero-order valence-electron chi connectivity index (χ0n) is 33.8. The zero-order valence-corrected chi connectivity index (χ0v) is 34.7. The Bertz CT molecular complexity index is 2300. The summed E-state index contributed by atoms with van der Waals surface area (Å²) < 4.78 is 341. The molecule has 0 amide bonds. The minimum atomic E-state index is -6.13. The van der Waals surface area contributed by atoms with Gasteiger partial charge in [0.25, 0.3) is 0 Å². The van der Waals surface area contributed by atoms with Crippen LogP contribution in [0.5, 0.6) is 0 Å². The van der Waals surface area contributed by atoms with Gasteiger partial charge in [-0.15, -0.1) is 0 Å². The summed E-state index contributed by atoms with van der Waals surface area (Å²) in [4.78, 5) is 2.68. The Balaban J connectivity index is 0.000000600. The molecule has 0 saturated heterocycles. The smallest absolute Gasteiger partial charge is 0.194 e. The fourth-order valence-electron chi connectivity index (χ4n) is 7.22. The van der Waals surface area contributed by atoms with Crippen molar-refractivity contribution in [3.05, 3.63) is 178 Å². The van der Waals surface area contributed by atoms with Crippen molar-refractivity contribution in [3.8, 4) is 0 Å². The van der Waals surface area contributed by atoms with E-state index in [0.717, 1.165) is 0 Å². The van der Waals surface area contributed by atoms with Crippen LogP contribution < -0.4 is 21.9 Å². The summed E-state index contributed by atoms with van der Waals surface area (Å²) in [6.45, 7) is 0. The standard InChI is InChI=1S/C32H12BF24.C12H10S/c34-25(35,36)13-1-14(26(37,38)39)6-21(5-13)33(22-7-15(27(40,41)42)2-16(8-22)28(43,44)45,23-9-17(29(46,47)48)3-18(10-23)30(49,50)51)24-11-19(31(52,53)54)4-20(12-24)32(55,56)57;1-3-7-11(8-4-1)13-12-9-5-2-6-10-12/h1-12H;1-10H/q-1;/p+1. The first-order valence-corrected chi connectivity index (χ1v) is 19.8. The summed E-state index contributed by atoms with van der Waals surface area (Å²) in [6, 6.07) is 12.2. The number of rotatable bonds is 6. The number of alkyl halides is 24. The highest BCUT2D eigenvalue weighted by Gasteiger charge is 2.47. The average molecular weight is 1050 g/mol. The third kappa shape index (κ3) is 12.9. The summed E-state index contributed by atoms with van der Waals surface area (Å²) >= 11 is 1.28. The van der Waals surface area contributed by atoms with Gasteiger partial charge < -0.3 is 0 Å². The molecule has 376 valence electrons. The van der Waals surface area contributed by atoms with E-state index in [1.165, 1.54) is 21.6 Å². The molecule has 0 bridgehead atoms. The largest absolute Gasteiger partial charge is 0.416 e. The van der Waals surface area contributed by atoms with Crippen molar-refractivity contribution < 1.29 is 105 Å². The molecule has 0 heterocycles. The molecule has 0 atom stereocenters. The van der Waals surface area contributed by atoms with E-state index in [0.29, 0.717) is 0 Å². The normalized spacial score (nSPS) is 13.5. The molecule has 0 aliphatic carbocycles. The van der Waals surface area contributed by atoms with E-state index in [9.17, 15) is 105 Å². The van der Waals surface area contributed by atoms with Crippen LogP contribution >= 0.6 is 0 Å². The number of hydrogen-bond donors (Lipinski definition) is 0. The van der Waals surface area contributed by atoms with Crippen molar-refractivity contribution in [2.75, 3.05) is 0 Å². The van der Waals surface area contributed by atoms with E-state index in [2.05, 4.69) is 48.5 Å². The van der Waals surface area contributed by atoms with Crippen LogP contribution in [0.4, 0.5) is 105 Å². The Hall–Kier alpha value is -5.95. The van der Waals surface area contributed by atoms with Crippen LogP contribution in [-0.2, 0) is 61.2 Å². The lowest BCUT2D eigenvalue weighted by Crippen LogP contribution is -2.75. The third-order valence-electron chi connectivity index (χ3n) is 10.2. The Morgan fingerprint density at radius 1 is 0.229 bits per heavy atom. The van der Waals surface area contributed by atoms with E-state index in [-0.39, 0.29) is 0 Å². The molecule has 0 fully saturated rings. The zero-order chi connectivity index (χ0) is 52.8. The number of thiol groups is 1. The Labute approximate surface area is 381 Å². The maximum absolute atomic E-state index is 14.2. The van der Waals surface area contributed by atoms with Crippen molar-refractivity contribution in [2.24, 2.45) is 0 Å². The van der Waals surface area contributed by atoms with E-state index < -0.39 is 195 Å². The molecule has 0 unspecified atom stereocenters. The molecule has 0 aliphatic rings. The van der Waals surface area contributed by atoms with Gasteiger partial charge in [0, 0.05) is 11.8 Å². The first-order chi connectivity index (χ1) is 31.7. The fourth-order valence-corrected chi connectivity index (χ4v) is 8.17. The summed E-state index contributed by atoms with van der Waals surface area (Å²) in [7, 11) is 0. The van der Waals surface area contributed by atoms with Gasteiger partial charge in [-0.2, -0.15) is 127 Å². The molecule has 6 rings (SSSR count). The van der Waals surface area contributed by atoms with Crippen molar-refractivity contribution in [1.29, 1.82) is 0 Å². The van der Waals surface area contributed by atoms with Gasteiger partial charge in [0.15, 0.2) is 9.79 Å². The monoisotopic (exact) mass is 1050 g/mol. The summed E-state index contributed by atoms with van der Waals surface area (Å²) in [5, 5.41) is 0. The van der Waals surface area contributed by atoms with Gasteiger partial charge in [0.2, 0.25) is 0 Å². The molecule has 0 radical (unpaired) electrons. The molecule has 0 nitrogen and oxygen atoms in total. The van der Waals surface area contributed by atoms with Crippen LogP contribution in [0.2, 0.25) is 0 Å². The molecular weight excluding hydrogens is 1030 g/mol. The molecule has 0 aliphatic heterocycles. The van der Waals surface area contributed by atoms with Crippen LogP contribution in [-0.4, -0.2) is 6.15 Å². The Morgan fingerprint density at radius 2 is 0.386 bits per heavy atom. The van der Waals surface area contributed by atoms with Gasteiger partial charge in [-0.1, -0.05) is 84.9 Å². The lowest BCUT2D eigenvalue weighted by Gasteiger charge is -2.46. The fraction of sp³-hybridized carbons (Fsp3) is 0.182. The van der Waals surface area contributed by atoms with Crippen LogP contribution in [0.15, 0.2) is 143 Å². The van der Waals surface area contributed by atoms with E-state index in [4.69, 9.17) is 0 Å². The van der Waals surface area contributed by atoms with Crippen molar-refractivity contribution in [1.82, 2.24) is 0 Å². The topological polar surface area (TPSA) is 0 Å². The molecule has 0 saturated carbocycles. The van der Waals surface area contributed by atoms with Gasteiger partial charge in [-0.3, -0.25) is 0 Å². The quantitative estimate of drug-likeness (QED) is 0.0675. The Morgan fingerprint density at radius 3 is 0.529 bits per heavy atom. The summed E-state index contributed by atoms with van der Waals surface area (Å²) in [5.74, 6) is 0. The molecule has 6 aromatic carbocycles. The number of hydrogen-bond acceptors (Lipinski definition) is 0. The average Bonchev–Trinajstić information content (AvgIpc) is 3.22. The minimum Gasteiger partial charge on any atom is -0.194 e. The van der Waals surface area contributed by atoms with Crippen LogP contribution in [0.25, 0.3) is 0 Å². The summed E-state index contributed by atoms with van der Waals surface area (Å²) in [5.41, 5.74) is -30.2. The highest BCUT2D eigenvalue weighted by molar-refractivity contribution is 7.78. The minimum absolute atomic E-state index is 0.691. The van der Waals surface area contributed by atoms with E-state index in [1.807, 2.05) is 12.1 Å². The predicted molar refractivity (Wildman–Crippen MR) is 208 cm³/mol. The van der Waals surface area contributed by atoms with Crippen molar-refractivity contribution >= 4 is 39.8 Å². The van der Waals surface area contributed by atoms with Crippen LogP contribution in [0.3, 0.4) is 0 Å². The predicted octanol–water partition coefficient (Wildman–Crippen LogP) is 14.1. The van der Waals surface area contributed by atoms with Gasteiger partial charge in [-0.25, -0.2) is 0 Å². The lowest BCUT2D eigenvalue weighted by molar-refractivity contribution is -0.144. The van der Waals surface area contributed by atoms with Crippen molar-refractivity contribution in [3.63, 3.8) is 0 Å². The second-order valence-electron chi connectivity index (χ2n) is 15.0. The van der Waals surface area contributed by atoms with E-state index >= 15 is 0 Å². The van der Waals surface area contributed by atoms with Gasteiger partial charge in [0.1, 0.15) is 6.15 Å². The number of benzene rings is 6. The highest BCUT2D eigenvalue weighted by Crippen LogP contribution is 2.41. The molecule has 26 heteroatoms. The van der Waals surface area contributed by atoms with Crippen LogP contribution in [0, 0.1) is 0 Å². The maximum atomic E-state index is 14.2. The number of halogens is 24. The molecule has 0 N–H and O–H groups in total. The maximum Gasteiger partial charge on any atom is 0.416 e. The van der Waals surface area contributed by atoms with Crippen LogP contribution in [0.1, 0.15) is 44.5 Å².